The summed E-state index contributed by atoms with van der Waals surface area (Å²) in [7, 11) is -3.76. The van der Waals surface area contributed by atoms with Gasteiger partial charge in [-0.05, 0) is 47.2 Å². The predicted molar refractivity (Wildman–Crippen MR) is 114 cm³/mol. The van der Waals surface area contributed by atoms with Crippen molar-refractivity contribution in [3.05, 3.63) is 80.5 Å². The molecule has 28 heavy (non-hydrogen) atoms. The molecule has 2 heterocycles. The SMILES string of the molecule is O=C(Nc1cccc(Br)c1)c1sccc1S(=O)(=O)N1CCc2ccccc2C1. The summed E-state index contributed by atoms with van der Waals surface area (Å²) >= 11 is 4.49. The number of fused-ring (bicyclic) bond motifs is 1. The smallest absolute Gasteiger partial charge is 0.267 e. The molecule has 8 heteroatoms. The van der Waals surface area contributed by atoms with Gasteiger partial charge in [-0.1, -0.05) is 46.3 Å². The van der Waals surface area contributed by atoms with Gasteiger partial charge in [0.05, 0.1) is 0 Å². The molecule has 0 bridgehead atoms. The maximum atomic E-state index is 13.2. The van der Waals surface area contributed by atoms with Crippen molar-refractivity contribution in [2.24, 2.45) is 0 Å². The van der Waals surface area contributed by atoms with Gasteiger partial charge in [-0.15, -0.1) is 11.3 Å². The third kappa shape index (κ3) is 3.77. The quantitative estimate of drug-likeness (QED) is 0.602. The van der Waals surface area contributed by atoms with E-state index < -0.39 is 15.9 Å². The number of nitrogens with one attached hydrogen (secondary N) is 1. The Labute approximate surface area is 176 Å². The highest BCUT2D eigenvalue weighted by molar-refractivity contribution is 9.10. The molecule has 0 unspecified atom stereocenters. The van der Waals surface area contributed by atoms with Crippen LogP contribution in [0.1, 0.15) is 20.8 Å². The minimum atomic E-state index is -3.76. The molecule has 2 aromatic carbocycles. The number of hydrogen-bond donors (Lipinski definition) is 1. The molecule has 0 atom stereocenters. The van der Waals surface area contributed by atoms with E-state index in [0.29, 0.717) is 25.2 Å². The molecule has 1 N–H and O–H groups in total. The summed E-state index contributed by atoms with van der Waals surface area (Å²) in [5.74, 6) is -0.427. The molecule has 0 spiro atoms. The number of nitrogens with zero attached hydrogens (tertiary/aromatic N) is 1. The van der Waals surface area contributed by atoms with Crippen LogP contribution in [-0.2, 0) is 23.0 Å². The van der Waals surface area contributed by atoms with E-state index in [9.17, 15) is 13.2 Å². The summed E-state index contributed by atoms with van der Waals surface area (Å²) in [6.07, 6.45) is 0.666. The molecule has 5 nitrogen and oxygen atoms in total. The second-order valence-electron chi connectivity index (χ2n) is 6.44. The maximum absolute atomic E-state index is 13.2. The Morgan fingerprint density at radius 3 is 2.64 bits per heavy atom. The first-order chi connectivity index (χ1) is 13.4. The minimum Gasteiger partial charge on any atom is -0.321 e. The van der Waals surface area contributed by atoms with Gasteiger partial charge in [-0.3, -0.25) is 4.79 Å². The van der Waals surface area contributed by atoms with Crippen LogP contribution in [-0.4, -0.2) is 25.2 Å². The third-order valence-corrected chi connectivity index (χ3v) is 8.05. The number of anilines is 1. The van der Waals surface area contributed by atoms with Gasteiger partial charge < -0.3 is 5.32 Å². The van der Waals surface area contributed by atoms with Gasteiger partial charge in [-0.2, -0.15) is 4.31 Å². The van der Waals surface area contributed by atoms with Crippen LogP contribution >= 0.6 is 27.3 Å². The Hall–Kier alpha value is -2.00. The molecule has 0 radical (unpaired) electrons. The van der Waals surface area contributed by atoms with Crippen molar-refractivity contribution in [1.29, 1.82) is 0 Å². The van der Waals surface area contributed by atoms with E-state index in [0.717, 1.165) is 21.4 Å². The van der Waals surface area contributed by atoms with E-state index in [4.69, 9.17) is 0 Å². The molecule has 1 aliphatic rings. The fraction of sp³-hybridized carbons (Fsp3) is 0.150. The maximum Gasteiger partial charge on any atom is 0.267 e. The number of sulfonamides is 1. The molecule has 0 aliphatic carbocycles. The zero-order valence-electron chi connectivity index (χ0n) is 14.8. The average Bonchev–Trinajstić information content (AvgIpc) is 3.18. The normalized spacial score (nSPS) is 14.5. The number of hydrogen-bond acceptors (Lipinski definition) is 4. The van der Waals surface area contributed by atoms with Gasteiger partial charge in [0.25, 0.3) is 5.91 Å². The Kier molecular flexibility index (Phi) is 5.37. The summed E-state index contributed by atoms with van der Waals surface area (Å²) in [5.41, 5.74) is 2.78. The standard InChI is InChI=1S/C20H17BrN2O3S2/c21-16-6-3-7-17(12-16)22-20(24)19-18(9-11-27-19)28(25,26)23-10-8-14-4-1-2-5-15(14)13-23/h1-7,9,11-12H,8,10,13H2,(H,22,24). The molecule has 3 aromatic rings. The topological polar surface area (TPSA) is 66.5 Å². The van der Waals surface area contributed by atoms with Gasteiger partial charge in [0.1, 0.15) is 9.77 Å². The van der Waals surface area contributed by atoms with Crippen molar-refractivity contribution in [1.82, 2.24) is 4.31 Å². The second-order valence-corrected chi connectivity index (χ2v) is 10.2. The molecule has 1 aliphatic heterocycles. The van der Waals surface area contributed by atoms with Crippen LogP contribution < -0.4 is 5.32 Å². The van der Waals surface area contributed by atoms with Gasteiger partial charge in [0.2, 0.25) is 10.0 Å². The van der Waals surface area contributed by atoms with Crippen LogP contribution in [0.2, 0.25) is 0 Å². The minimum absolute atomic E-state index is 0.0596. The Morgan fingerprint density at radius 2 is 1.86 bits per heavy atom. The van der Waals surface area contributed by atoms with E-state index in [1.807, 2.05) is 30.3 Å². The fourth-order valence-electron chi connectivity index (χ4n) is 3.23. The van der Waals surface area contributed by atoms with E-state index in [-0.39, 0.29) is 9.77 Å². The van der Waals surface area contributed by atoms with Gasteiger partial charge in [-0.25, -0.2) is 8.42 Å². The molecule has 1 amide bonds. The van der Waals surface area contributed by atoms with Crippen LogP contribution in [0.15, 0.2) is 69.3 Å². The van der Waals surface area contributed by atoms with E-state index in [1.54, 1.807) is 23.6 Å². The lowest BCUT2D eigenvalue weighted by atomic mass is 10.0. The number of carbonyl (C=O) groups excluding carboxylic acids is 1. The number of amides is 1. The lowest BCUT2D eigenvalue weighted by Gasteiger charge is -2.28. The van der Waals surface area contributed by atoms with Crippen molar-refractivity contribution in [3.8, 4) is 0 Å². The zero-order valence-corrected chi connectivity index (χ0v) is 18.0. The lowest BCUT2D eigenvalue weighted by Crippen LogP contribution is -2.36. The number of carbonyl (C=O) groups is 1. The van der Waals surface area contributed by atoms with E-state index >= 15 is 0 Å². The summed E-state index contributed by atoms with van der Waals surface area (Å²) in [4.78, 5) is 13.0. The van der Waals surface area contributed by atoms with Gasteiger partial charge in [0.15, 0.2) is 0 Å². The van der Waals surface area contributed by atoms with Crippen molar-refractivity contribution in [2.45, 2.75) is 17.9 Å². The number of thiophene rings is 1. The summed E-state index contributed by atoms with van der Waals surface area (Å²) in [5, 5.41) is 4.41. The number of rotatable bonds is 4. The van der Waals surface area contributed by atoms with Crippen LogP contribution in [0.4, 0.5) is 5.69 Å². The molecule has 0 fully saturated rings. The van der Waals surface area contributed by atoms with Crippen molar-refractivity contribution in [2.75, 3.05) is 11.9 Å². The lowest BCUT2D eigenvalue weighted by molar-refractivity contribution is 0.102. The molecular formula is C20H17BrN2O3S2. The van der Waals surface area contributed by atoms with Crippen molar-refractivity contribution < 1.29 is 13.2 Å². The highest BCUT2D eigenvalue weighted by atomic mass is 79.9. The average molecular weight is 477 g/mol. The molecule has 4 rings (SSSR count). The summed E-state index contributed by atoms with van der Waals surface area (Å²) in [6.45, 7) is 0.725. The van der Waals surface area contributed by atoms with Crippen LogP contribution in [0, 0.1) is 0 Å². The summed E-state index contributed by atoms with van der Waals surface area (Å²) in [6, 6.07) is 16.5. The van der Waals surface area contributed by atoms with E-state index in [1.165, 1.54) is 15.9 Å². The largest absolute Gasteiger partial charge is 0.321 e. The highest BCUT2D eigenvalue weighted by Gasteiger charge is 2.32. The molecular weight excluding hydrogens is 460 g/mol. The monoisotopic (exact) mass is 476 g/mol. The first kappa shape index (κ1) is 19.3. The second kappa shape index (κ2) is 7.79. The predicted octanol–water partition coefficient (Wildman–Crippen LogP) is 4.51. The summed E-state index contributed by atoms with van der Waals surface area (Å²) < 4.78 is 28.8. The van der Waals surface area contributed by atoms with E-state index in [2.05, 4.69) is 21.2 Å². The van der Waals surface area contributed by atoms with Gasteiger partial charge >= 0.3 is 0 Å². The van der Waals surface area contributed by atoms with Crippen LogP contribution in [0.3, 0.4) is 0 Å². The highest BCUT2D eigenvalue weighted by Crippen LogP contribution is 2.30. The Morgan fingerprint density at radius 1 is 1.07 bits per heavy atom. The first-order valence-electron chi connectivity index (χ1n) is 8.66. The molecule has 144 valence electrons. The first-order valence-corrected chi connectivity index (χ1v) is 11.8. The molecule has 0 saturated carbocycles. The third-order valence-electron chi connectivity index (χ3n) is 4.63. The Balaban J connectivity index is 1.60. The Bertz CT molecular complexity index is 1140. The number of benzene rings is 2. The van der Waals surface area contributed by atoms with Crippen LogP contribution in [0.25, 0.3) is 0 Å². The van der Waals surface area contributed by atoms with Crippen molar-refractivity contribution in [3.63, 3.8) is 0 Å². The molecule has 0 saturated heterocycles. The fourth-order valence-corrected chi connectivity index (χ4v) is 6.35. The molecule has 1 aromatic heterocycles. The number of halogens is 1. The van der Waals surface area contributed by atoms with Gasteiger partial charge in [0, 0.05) is 23.2 Å². The zero-order chi connectivity index (χ0) is 19.7. The van der Waals surface area contributed by atoms with Crippen LogP contribution in [0.5, 0.6) is 0 Å². The van der Waals surface area contributed by atoms with Crippen molar-refractivity contribution >= 4 is 48.9 Å².